The summed E-state index contributed by atoms with van der Waals surface area (Å²) in [7, 11) is 0. The zero-order valence-electron chi connectivity index (χ0n) is 52.7. The first-order chi connectivity index (χ1) is 45.5. The van der Waals surface area contributed by atoms with E-state index in [1.54, 1.807) is 0 Å². The maximum Gasteiger partial charge on any atom is 0.420 e. The van der Waals surface area contributed by atoms with Gasteiger partial charge in [0.05, 0.1) is 28.1 Å². The van der Waals surface area contributed by atoms with Gasteiger partial charge in [-0.15, -0.1) is 35.2 Å². The zero-order valence-corrected chi connectivity index (χ0v) is 55.0. The van der Waals surface area contributed by atoms with Crippen LogP contribution >= 0.6 is 0 Å². The van der Waals surface area contributed by atoms with Crippen LogP contribution in [-0.2, 0) is 31.9 Å². The summed E-state index contributed by atoms with van der Waals surface area (Å²) in [5.74, 6) is 1.94. The van der Waals surface area contributed by atoms with Gasteiger partial charge >= 0.3 is 6.98 Å². The van der Waals surface area contributed by atoms with Crippen LogP contribution in [0.3, 0.4) is 0 Å². The Balaban J connectivity index is 0.00000699. The quantitative estimate of drug-likeness (QED) is 0.0735. The SMILES string of the molecule is CC(C)(C)c1ccnc(-n2c3[c-]c(Oc4[c-]c5c(cc4)C(C)(C)c4cccc6c4n-5[c-][n+]6-c4c(-c5ccccc5)cccc4-c4ccccc4)ccc3c3cc(B4N(c5ccccc5-c5ccccc5)c5ccccc5N4c4ccccc4-c4ccccc4)ccc32)c1.[Pt]. The summed E-state index contributed by atoms with van der Waals surface area (Å²) in [6.45, 7) is 11.0. The molecule has 0 spiro atoms. The first-order valence-corrected chi connectivity index (χ1v) is 32.0. The van der Waals surface area contributed by atoms with Crippen LogP contribution in [0.5, 0.6) is 11.5 Å². The fourth-order valence-corrected chi connectivity index (χ4v) is 14.5. The molecule has 12 aromatic carbocycles. The minimum absolute atomic E-state index is 0. The van der Waals surface area contributed by atoms with E-state index in [1.165, 1.54) is 11.1 Å². The molecule has 0 bridgehead atoms. The molecule has 5 heterocycles. The van der Waals surface area contributed by atoms with E-state index in [-0.39, 0.29) is 38.9 Å². The second kappa shape index (κ2) is 23.1. The van der Waals surface area contributed by atoms with Crippen molar-refractivity contribution in [3.8, 4) is 73.2 Å². The third kappa shape index (κ3) is 9.61. The van der Waals surface area contributed by atoms with E-state index in [2.05, 4.69) is 362 Å². The van der Waals surface area contributed by atoms with Gasteiger partial charge in [-0.2, -0.15) is 12.1 Å². The van der Waals surface area contributed by atoms with Gasteiger partial charge < -0.3 is 23.5 Å². The summed E-state index contributed by atoms with van der Waals surface area (Å²) < 4.78 is 13.8. The second-order valence-electron chi connectivity index (χ2n) is 25.9. The van der Waals surface area contributed by atoms with Gasteiger partial charge in [0.15, 0.2) is 0 Å². The van der Waals surface area contributed by atoms with Gasteiger partial charge in [-0.05, 0) is 114 Å². The van der Waals surface area contributed by atoms with Crippen molar-refractivity contribution in [2.75, 3.05) is 9.62 Å². The molecule has 454 valence electrons. The average molecular weight is 1390 g/mol. The van der Waals surface area contributed by atoms with E-state index in [1.807, 2.05) is 6.20 Å². The predicted octanol–water partition coefficient (Wildman–Crippen LogP) is 19.9. The summed E-state index contributed by atoms with van der Waals surface area (Å²) in [6.07, 6.45) is 5.87. The summed E-state index contributed by atoms with van der Waals surface area (Å²) in [4.78, 5) is 10.2. The Morgan fingerprint density at radius 1 is 0.468 bits per heavy atom. The summed E-state index contributed by atoms with van der Waals surface area (Å²) >= 11 is 0. The zero-order chi connectivity index (χ0) is 62.5. The van der Waals surface area contributed by atoms with Gasteiger partial charge in [0.25, 0.3) is 6.33 Å². The van der Waals surface area contributed by atoms with Crippen molar-refractivity contribution < 1.29 is 30.4 Å². The second-order valence-corrected chi connectivity index (χ2v) is 25.9. The van der Waals surface area contributed by atoms with Gasteiger partial charge in [0.2, 0.25) is 0 Å². The third-order valence-electron chi connectivity index (χ3n) is 19.0. The molecule has 0 unspecified atom stereocenters. The van der Waals surface area contributed by atoms with Crippen LogP contribution in [0.2, 0.25) is 0 Å². The average Bonchev–Trinajstić information content (AvgIpc) is 1.51. The fourth-order valence-electron chi connectivity index (χ4n) is 14.5. The molecule has 2 aliphatic rings. The topological polar surface area (TPSA) is 42.3 Å². The number of imidazole rings is 1. The number of ether oxygens (including phenoxy) is 1. The molecule has 0 radical (unpaired) electrons. The number of aromatic nitrogens is 4. The molecule has 3 aromatic heterocycles. The molecule has 15 aromatic rings. The molecule has 0 aliphatic carbocycles. The van der Waals surface area contributed by atoms with Gasteiger partial charge in [0.1, 0.15) is 5.82 Å². The third-order valence-corrected chi connectivity index (χ3v) is 19.0. The van der Waals surface area contributed by atoms with E-state index in [0.29, 0.717) is 11.5 Å². The molecule has 0 saturated carbocycles. The Morgan fingerprint density at radius 2 is 0.979 bits per heavy atom. The van der Waals surface area contributed by atoms with Crippen molar-refractivity contribution in [1.82, 2.24) is 14.1 Å². The molecular formula is C85H63BN6OPt-2. The molecule has 94 heavy (non-hydrogen) atoms. The van der Waals surface area contributed by atoms with Crippen LogP contribution < -0.4 is 24.4 Å². The number of hydrogen-bond acceptors (Lipinski definition) is 4. The van der Waals surface area contributed by atoms with Crippen LogP contribution in [0, 0.1) is 18.5 Å². The van der Waals surface area contributed by atoms with Crippen molar-refractivity contribution in [3.63, 3.8) is 0 Å². The van der Waals surface area contributed by atoms with Gasteiger partial charge in [-0.25, -0.2) is 4.98 Å². The van der Waals surface area contributed by atoms with Crippen LogP contribution in [0.25, 0.3) is 94.5 Å². The Hall–Kier alpha value is -10.8. The summed E-state index contributed by atoms with van der Waals surface area (Å²) in [5.41, 5.74) is 23.6. The standard InChI is InChI=1S/C85H63BN6O.Pt/c1-84(2,3)61-50-51-87-81(52-61)90-73-49-44-62(86-91(74-39-20-18-34-65(74)57-26-10-6-11-27-57)76-41-22-23-42-77(76)92(86)75-40-21-19-35-66(75)58-28-12-7-13-29-58)53-70(73)69-47-45-63(54-79(69)90)93-64-46-48-71-80(55-64)89-56-88(78-43-25-38-72(83(78)89)85(71,4)5)82-67(59-30-14-8-15-31-59)36-24-37-68(82)60-32-16-9-17-33-60;/h6-53H,1-5H3;/q-2;. The minimum atomic E-state index is -0.379. The van der Waals surface area contributed by atoms with Gasteiger partial charge in [-0.3, -0.25) is 4.57 Å². The first kappa shape index (κ1) is 58.3. The maximum atomic E-state index is 7.08. The normalized spacial score (nSPS) is 13.1. The van der Waals surface area contributed by atoms with E-state index in [9.17, 15) is 0 Å². The van der Waals surface area contributed by atoms with Crippen LogP contribution in [0.4, 0.5) is 22.7 Å². The Morgan fingerprint density at radius 3 is 1.56 bits per heavy atom. The van der Waals surface area contributed by atoms with Gasteiger partial charge in [0, 0.05) is 66.8 Å². The molecule has 0 N–H and O–H groups in total. The van der Waals surface area contributed by atoms with Crippen molar-refractivity contribution in [2.45, 2.75) is 45.4 Å². The van der Waals surface area contributed by atoms with E-state index < -0.39 is 0 Å². The van der Waals surface area contributed by atoms with Crippen LogP contribution in [-0.4, -0.2) is 21.1 Å². The summed E-state index contributed by atoms with van der Waals surface area (Å²) in [5, 5.41) is 2.10. The number of para-hydroxylation sites is 6. The largest absolute Gasteiger partial charge is 0.510 e. The van der Waals surface area contributed by atoms with Gasteiger partial charge in [-0.1, -0.05) is 259 Å². The minimum Gasteiger partial charge on any atom is -0.510 e. The number of benzene rings is 12. The van der Waals surface area contributed by atoms with Crippen molar-refractivity contribution in [3.05, 3.63) is 326 Å². The van der Waals surface area contributed by atoms with Crippen LogP contribution in [0.1, 0.15) is 51.3 Å². The molecule has 0 atom stereocenters. The Labute approximate surface area is 563 Å². The monoisotopic (exact) mass is 1390 g/mol. The Bertz CT molecular complexity index is 5240. The molecule has 17 rings (SSSR count). The van der Waals surface area contributed by atoms with Crippen molar-refractivity contribution >= 4 is 68.0 Å². The molecule has 0 fully saturated rings. The predicted molar refractivity (Wildman–Crippen MR) is 382 cm³/mol. The smallest absolute Gasteiger partial charge is 0.420 e. The summed E-state index contributed by atoms with van der Waals surface area (Å²) in [6, 6.07) is 110. The van der Waals surface area contributed by atoms with Crippen molar-refractivity contribution in [2.24, 2.45) is 0 Å². The maximum absolute atomic E-state index is 7.08. The first-order valence-electron chi connectivity index (χ1n) is 32.0. The number of rotatable bonds is 11. The number of pyridine rings is 1. The number of anilines is 4. The number of fused-ring (bicyclic) bond motifs is 6. The number of nitrogens with zero attached hydrogens (tertiary/aromatic N) is 6. The van der Waals surface area contributed by atoms with Crippen molar-refractivity contribution in [1.29, 1.82) is 0 Å². The molecule has 7 nitrogen and oxygen atoms in total. The van der Waals surface area contributed by atoms with E-state index in [4.69, 9.17) is 9.72 Å². The fraction of sp³-hybridized carbons (Fsp3) is 0.0824. The van der Waals surface area contributed by atoms with E-state index >= 15 is 0 Å². The molecule has 0 amide bonds. The van der Waals surface area contributed by atoms with Crippen LogP contribution in [0.15, 0.2) is 291 Å². The number of hydrogen-bond donors (Lipinski definition) is 0. The molecular weight excluding hydrogens is 1330 g/mol. The van der Waals surface area contributed by atoms with E-state index in [0.717, 1.165) is 128 Å². The molecule has 9 heteroatoms. The molecule has 0 saturated heterocycles. The molecule has 2 aliphatic heterocycles. The Kier molecular flexibility index (Phi) is 14.3.